The van der Waals surface area contributed by atoms with Crippen molar-refractivity contribution >= 4 is 11.8 Å². The van der Waals surface area contributed by atoms with Crippen molar-refractivity contribution in [2.24, 2.45) is 11.3 Å². The van der Waals surface area contributed by atoms with E-state index in [-0.39, 0.29) is 11.8 Å². The third kappa shape index (κ3) is 5.11. The second kappa shape index (κ2) is 9.94. The number of aromatic nitrogens is 2. The third-order valence-electron chi connectivity index (χ3n) is 6.21. The van der Waals surface area contributed by atoms with E-state index < -0.39 is 5.41 Å². The number of likely N-dealkylation sites (tertiary alicyclic amines) is 1. The molecule has 2 amide bonds. The standard InChI is InChI=1S/C27H30N4O2/c1-20(2)17-30-26(33)27(12-15-31(19-27)25(32)24-18-28-13-14-29-24)16-22-10-6-7-11-23(22)21-8-4-3-5-9-21/h3-11,13-14,18,20H,12,15-17,19H2,1-2H3,(H,30,33). The van der Waals surface area contributed by atoms with E-state index >= 15 is 0 Å². The van der Waals surface area contributed by atoms with E-state index in [0.29, 0.717) is 44.1 Å². The molecule has 1 aliphatic rings. The molecule has 0 radical (unpaired) electrons. The number of amides is 2. The number of nitrogens with one attached hydrogen (secondary N) is 1. The summed E-state index contributed by atoms with van der Waals surface area (Å²) in [6, 6.07) is 18.4. The number of carbonyl (C=O) groups excluding carboxylic acids is 2. The summed E-state index contributed by atoms with van der Waals surface area (Å²) in [5, 5.41) is 3.14. The van der Waals surface area contributed by atoms with E-state index in [0.717, 1.165) is 16.7 Å². The van der Waals surface area contributed by atoms with E-state index in [4.69, 9.17) is 0 Å². The SMILES string of the molecule is CC(C)CNC(=O)C1(Cc2ccccc2-c2ccccc2)CCN(C(=O)c2cnccn2)C1. The molecule has 0 spiro atoms. The number of hydrogen-bond donors (Lipinski definition) is 1. The van der Waals surface area contributed by atoms with Crippen molar-refractivity contribution in [1.82, 2.24) is 20.2 Å². The Morgan fingerprint density at radius 2 is 1.82 bits per heavy atom. The highest BCUT2D eigenvalue weighted by atomic mass is 16.2. The van der Waals surface area contributed by atoms with Crippen LogP contribution in [0.25, 0.3) is 11.1 Å². The number of rotatable bonds is 7. The van der Waals surface area contributed by atoms with Gasteiger partial charge in [0.15, 0.2) is 0 Å². The minimum Gasteiger partial charge on any atom is -0.355 e. The van der Waals surface area contributed by atoms with Gasteiger partial charge in [0.2, 0.25) is 5.91 Å². The Balaban J connectivity index is 1.65. The third-order valence-corrected chi connectivity index (χ3v) is 6.21. The van der Waals surface area contributed by atoms with Crippen LogP contribution >= 0.6 is 0 Å². The van der Waals surface area contributed by atoms with E-state index in [9.17, 15) is 9.59 Å². The molecule has 1 fully saturated rings. The molecular formula is C27H30N4O2. The average Bonchev–Trinajstić information content (AvgIpc) is 3.28. The first-order valence-corrected chi connectivity index (χ1v) is 11.5. The lowest BCUT2D eigenvalue weighted by Gasteiger charge is -2.29. The zero-order valence-corrected chi connectivity index (χ0v) is 19.2. The Morgan fingerprint density at radius 3 is 2.55 bits per heavy atom. The summed E-state index contributed by atoms with van der Waals surface area (Å²) in [7, 11) is 0. The van der Waals surface area contributed by atoms with Crippen LogP contribution in [-0.4, -0.2) is 46.3 Å². The first-order valence-electron chi connectivity index (χ1n) is 11.5. The molecule has 6 nitrogen and oxygen atoms in total. The van der Waals surface area contributed by atoms with Gasteiger partial charge in [0.1, 0.15) is 5.69 Å². The molecule has 1 unspecified atom stereocenters. The van der Waals surface area contributed by atoms with Gasteiger partial charge >= 0.3 is 0 Å². The maximum atomic E-state index is 13.6. The minimum atomic E-state index is -0.697. The van der Waals surface area contributed by atoms with Gasteiger partial charge in [0.05, 0.1) is 11.6 Å². The van der Waals surface area contributed by atoms with Gasteiger partial charge in [-0.25, -0.2) is 4.98 Å². The fraction of sp³-hybridized carbons (Fsp3) is 0.333. The van der Waals surface area contributed by atoms with Crippen molar-refractivity contribution in [2.75, 3.05) is 19.6 Å². The van der Waals surface area contributed by atoms with Crippen LogP contribution in [0.15, 0.2) is 73.2 Å². The molecule has 0 aliphatic carbocycles. The van der Waals surface area contributed by atoms with Gasteiger partial charge in [-0.15, -0.1) is 0 Å². The normalized spacial score (nSPS) is 17.8. The summed E-state index contributed by atoms with van der Waals surface area (Å²) in [5.41, 5.74) is 2.96. The second-order valence-electron chi connectivity index (χ2n) is 9.15. The van der Waals surface area contributed by atoms with Crippen LogP contribution in [0.2, 0.25) is 0 Å². The molecule has 33 heavy (non-hydrogen) atoms. The molecule has 3 aromatic rings. The van der Waals surface area contributed by atoms with Gasteiger partial charge in [0.25, 0.3) is 5.91 Å². The van der Waals surface area contributed by atoms with Gasteiger partial charge in [-0.3, -0.25) is 14.6 Å². The fourth-order valence-corrected chi connectivity index (χ4v) is 4.45. The topological polar surface area (TPSA) is 75.2 Å². The smallest absolute Gasteiger partial charge is 0.274 e. The van der Waals surface area contributed by atoms with E-state index in [1.54, 1.807) is 11.1 Å². The largest absolute Gasteiger partial charge is 0.355 e. The van der Waals surface area contributed by atoms with Gasteiger partial charge in [-0.05, 0) is 35.4 Å². The molecule has 1 aliphatic heterocycles. The molecule has 6 heteroatoms. The molecule has 2 aromatic carbocycles. The number of nitrogens with zero attached hydrogens (tertiary/aromatic N) is 3. The van der Waals surface area contributed by atoms with E-state index in [1.807, 2.05) is 30.3 Å². The summed E-state index contributed by atoms with van der Waals surface area (Å²) >= 11 is 0. The predicted molar refractivity (Wildman–Crippen MR) is 128 cm³/mol. The molecule has 1 N–H and O–H groups in total. The minimum absolute atomic E-state index is 0.00788. The highest BCUT2D eigenvalue weighted by Crippen LogP contribution is 2.38. The Labute approximate surface area is 195 Å². The first kappa shape index (κ1) is 22.6. The molecule has 170 valence electrons. The fourth-order valence-electron chi connectivity index (χ4n) is 4.45. The molecule has 1 aromatic heterocycles. The monoisotopic (exact) mass is 442 g/mol. The summed E-state index contributed by atoms with van der Waals surface area (Å²) in [6.45, 7) is 5.64. The number of benzene rings is 2. The predicted octanol–water partition coefficient (Wildman–Crippen LogP) is 3.99. The molecule has 1 saturated heterocycles. The van der Waals surface area contributed by atoms with Crippen LogP contribution in [0.3, 0.4) is 0 Å². The number of carbonyl (C=O) groups is 2. The van der Waals surface area contributed by atoms with Gasteiger partial charge < -0.3 is 10.2 Å². The maximum Gasteiger partial charge on any atom is 0.274 e. The van der Waals surface area contributed by atoms with Crippen LogP contribution < -0.4 is 5.32 Å². The van der Waals surface area contributed by atoms with Crippen molar-refractivity contribution < 1.29 is 9.59 Å². The molecule has 2 heterocycles. The second-order valence-corrected chi connectivity index (χ2v) is 9.15. The Hall–Kier alpha value is -3.54. The van der Waals surface area contributed by atoms with Crippen molar-refractivity contribution in [2.45, 2.75) is 26.7 Å². The van der Waals surface area contributed by atoms with E-state index in [2.05, 4.69) is 53.4 Å². The van der Waals surface area contributed by atoms with Gasteiger partial charge in [-0.1, -0.05) is 68.4 Å². The molecule has 4 rings (SSSR count). The highest BCUT2D eigenvalue weighted by molar-refractivity contribution is 5.93. The summed E-state index contributed by atoms with van der Waals surface area (Å²) in [4.78, 5) is 36.5. The van der Waals surface area contributed by atoms with Crippen molar-refractivity contribution in [1.29, 1.82) is 0 Å². The van der Waals surface area contributed by atoms with Gasteiger partial charge in [-0.2, -0.15) is 0 Å². The van der Waals surface area contributed by atoms with Crippen molar-refractivity contribution in [3.05, 3.63) is 84.4 Å². The molecular weight excluding hydrogens is 412 g/mol. The quantitative estimate of drug-likeness (QED) is 0.600. The van der Waals surface area contributed by atoms with Gasteiger partial charge in [0, 0.05) is 32.0 Å². The lowest BCUT2D eigenvalue weighted by molar-refractivity contribution is -0.130. The Bertz CT molecular complexity index is 1100. The van der Waals surface area contributed by atoms with Crippen LogP contribution in [0.4, 0.5) is 0 Å². The summed E-state index contributed by atoms with van der Waals surface area (Å²) in [6.07, 6.45) is 5.71. The zero-order valence-electron chi connectivity index (χ0n) is 19.2. The highest BCUT2D eigenvalue weighted by Gasteiger charge is 2.46. The first-order chi connectivity index (χ1) is 16.0. The van der Waals surface area contributed by atoms with E-state index in [1.165, 1.54) is 12.4 Å². The van der Waals surface area contributed by atoms with Crippen molar-refractivity contribution in [3.63, 3.8) is 0 Å². The van der Waals surface area contributed by atoms with Crippen LogP contribution in [0.5, 0.6) is 0 Å². The number of hydrogen-bond acceptors (Lipinski definition) is 4. The lowest BCUT2D eigenvalue weighted by Crippen LogP contribution is -2.46. The van der Waals surface area contributed by atoms with Crippen LogP contribution in [0, 0.1) is 11.3 Å². The average molecular weight is 443 g/mol. The molecule has 0 bridgehead atoms. The zero-order chi connectivity index (χ0) is 23.3. The summed E-state index contributed by atoms with van der Waals surface area (Å²) < 4.78 is 0. The van der Waals surface area contributed by atoms with Crippen LogP contribution in [0.1, 0.15) is 36.3 Å². The maximum absolute atomic E-state index is 13.6. The summed E-state index contributed by atoms with van der Waals surface area (Å²) in [5.74, 6) is 0.174. The van der Waals surface area contributed by atoms with Crippen molar-refractivity contribution in [3.8, 4) is 11.1 Å². The van der Waals surface area contributed by atoms with Crippen LogP contribution in [-0.2, 0) is 11.2 Å². The lowest BCUT2D eigenvalue weighted by atomic mass is 9.78. The Morgan fingerprint density at radius 1 is 1.06 bits per heavy atom. The Kier molecular flexibility index (Phi) is 6.82. The molecule has 1 atom stereocenters. The molecule has 0 saturated carbocycles.